The Morgan fingerprint density at radius 3 is 2.59 bits per heavy atom. The van der Waals surface area contributed by atoms with Crippen LogP contribution in [0.4, 0.5) is 0 Å². The topological polar surface area (TPSA) is 84.6 Å². The van der Waals surface area contributed by atoms with Gasteiger partial charge in [-0.15, -0.1) is 24.0 Å². The van der Waals surface area contributed by atoms with E-state index in [4.69, 9.17) is 9.26 Å². The van der Waals surface area contributed by atoms with Crippen molar-refractivity contribution in [3.05, 3.63) is 41.0 Å². The van der Waals surface area contributed by atoms with Crippen molar-refractivity contribution in [3.63, 3.8) is 0 Å². The van der Waals surface area contributed by atoms with Gasteiger partial charge in [0.25, 0.3) is 0 Å². The van der Waals surface area contributed by atoms with Crippen molar-refractivity contribution in [2.75, 3.05) is 13.7 Å². The van der Waals surface area contributed by atoms with Gasteiger partial charge in [0.15, 0.2) is 11.8 Å². The second kappa shape index (κ2) is 10.3. The van der Waals surface area contributed by atoms with Gasteiger partial charge in [-0.1, -0.05) is 38.1 Å². The number of aliphatic imine (C=N–C) groups is 1. The zero-order valence-electron chi connectivity index (χ0n) is 17.9. The zero-order valence-corrected chi connectivity index (χ0v) is 20.2. The highest BCUT2D eigenvalue weighted by Gasteiger charge is 2.23. The first kappa shape index (κ1) is 23.4. The molecule has 2 N–H and O–H groups in total. The number of benzene rings is 1. The van der Waals surface area contributed by atoms with Crippen molar-refractivity contribution in [1.29, 1.82) is 0 Å². The van der Waals surface area contributed by atoms with Gasteiger partial charge in [0.1, 0.15) is 5.75 Å². The lowest BCUT2D eigenvalue weighted by Gasteiger charge is -2.15. The van der Waals surface area contributed by atoms with Gasteiger partial charge < -0.3 is 19.9 Å². The molecule has 0 atom stereocenters. The summed E-state index contributed by atoms with van der Waals surface area (Å²) >= 11 is 0. The molecule has 1 aromatic carbocycles. The Morgan fingerprint density at radius 1 is 1.24 bits per heavy atom. The average Bonchev–Trinajstić information content (AvgIpc) is 3.35. The van der Waals surface area contributed by atoms with E-state index >= 15 is 0 Å². The van der Waals surface area contributed by atoms with E-state index in [1.54, 1.807) is 7.05 Å². The number of guanidine groups is 1. The van der Waals surface area contributed by atoms with Crippen molar-refractivity contribution in [1.82, 2.24) is 20.8 Å². The third-order valence-electron chi connectivity index (χ3n) is 4.59. The van der Waals surface area contributed by atoms with Crippen LogP contribution in [0.1, 0.15) is 56.5 Å². The van der Waals surface area contributed by atoms with E-state index < -0.39 is 0 Å². The number of halogens is 1. The molecule has 0 radical (unpaired) electrons. The van der Waals surface area contributed by atoms with Crippen LogP contribution in [-0.4, -0.2) is 29.8 Å². The summed E-state index contributed by atoms with van der Waals surface area (Å²) in [6.07, 6.45) is 2.56. The fraction of sp³-hybridized carbons (Fsp3) is 0.571. The lowest BCUT2D eigenvalue weighted by molar-refractivity contribution is 0.296. The minimum absolute atomic E-state index is 0. The predicted molar refractivity (Wildman–Crippen MR) is 125 cm³/mol. The summed E-state index contributed by atoms with van der Waals surface area (Å²) in [7, 11) is 1.74. The molecular formula is C21H32IN5O2. The summed E-state index contributed by atoms with van der Waals surface area (Å²) in [4.78, 5) is 8.71. The van der Waals surface area contributed by atoms with Gasteiger partial charge in [-0.3, -0.25) is 4.99 Å². The molecule has 2 aromatic rings. The van der Waals surface area contributed by atoms with Crippen molar-refractivity contribution in [3.8, 4) is 5.75 Å². The van der Waals surface area contributed by atoms with Crippen LogP contribution >= 0.6 is 24.0 Å². The molecule has 1 heterocycles. The lowest BCUT2D eigenvalue weighted by Crippen LogP contribution is -2.36. The monoisotopic (exact) mass is 513 g/mol. The molecule has 0 saturated heterocycles. The van der Waals surface area contributed by atoms with E-state index in [2.05, 4.69) is 50.9 Å². The fourth-order valence-corrected chi connectivity index (χ4v) is 2.63. The van der Waals surface area contributed by atoms with Gasteiger partial charge in [-0.2, -0.15) is 4.98 Å². The predicted octanol–water partition coefficient (Wildman–Crippen LogP) is 3.95. The van der Waals surface area contributed by atoms with Crippen LogP contribution in [0.15, 0.2) is 27.7 Å². The Kier molecular flexibility index (Phi) is 8.30. The minimum Gasteiger partial charge on any atom is -0.493 e. The Balaban J connectivity index is 0.00000300. The summed E-state index contributed by atoms with van der Waals surface area (Å²) in [6.45, 7) is 10.1. The van der Waals surface area contributed by atoms with E-state index in [1.165, 1.54) is 18.4 Å². The van der Waals surface area contributed by atoms with Gasteiger partial charge >= 0.3 is 0 Å². The second-order valence-electron chi connectivity index (χ2n) is 8.41. The van der Waals surface area contributed by atoms with Crippen LogP contribution in [0.2, 0.25) is 0 Å². The van der Waals surface area contributed by atoms with Gasteiger partial charge in [0, 0.05) is 24.6 Å². The van der Waals surface area contributed by atoms with E-state index in [0.29, 0.717) is 30.8 Å². The van der Waals surface area contributed by atoms with Crippen molar-refractivity contribution in [2.45, 2.75) is 59.0 Å². The van der Waals surface area contributed by atoms with E-state index in [1.807, 2.05) is 20.8 Å². The number of hydrogen-bond donors (Lipinski definition) is 2. The number of nitrogens with zero attached hydrogens (tertiary/aromatic N) is 3. The molecule has 1 fully saturated rings. The van der Waals surface area contributed by atoms with Gasteiger partial charge in [0.05, 0.1) is 13.2 Å². The molecule has 1 saturated carbocycles. The first-order valence-corrected chi connectivity index (χ1v) is 9.85. The Morgan fingerprint density at radius 2 is 1.97 bits per heavy atom. The molecule has 1 aliphatic carbocycles. The second-order valence-corrected chi connectivity index (χ2v) is 8.41. The number of ether oxygens (including phenoxy) is 1. The van der Waals surface area contributed by atoms with Gasteiger partial charge in [-0.25, -0.2) is 0 Å². The van der Waals surface area contributed by atoms with Crippen molar-refractivity contribution >= 4 is 29.9 Å². The summed E-state index contributed by atoms with van der Waals surface area (Å²) in [5.74, 6) is 3.59. The smallest absolute Gasteiger partial charge is 0.232 e. The number of aromatic nitrogens is 2. The number of nitrogens with one attached hydrogen (secondary N) is 2. The highest BCUT2D eigenvalue weighted by atomic mass is 127. The van der Waals surface area contributed by atoms with Crippen LogP contribution in [-0.2, 0) is 18.5 Å². The standard InChI is InChI=1S/C21H31N5O2.HI/c1-14-6-9-16(17(10-14)27-13-15-7-8-15)11-23-20(22-5)24-12-18-25-19(28-26-18)21(2,3)4;/h6,9-10,15H,7-8,11-13H2,1-5H3,(H2,22,23,24);1H. The maximum atomic E-state index is 6.04. The van der Waals surface area contributed by atoms with Crippen LogP contribution < -0.4 is 15.4 Å². The Hall–Kier alpha value is -1.84. The summed E-state index contributed by atoms with van der Waals surface area (Å²) in [5.41, 5.74) is 2.15. The molecule has 0 bridgehead atoms. The first-order chi connectivity index (χ1) is 13.3. The highest BCUT2D eigenvalue weighted by molar-refractivity contribution is 14.0. The van der Waals surface area contributed by atoms with E-state index in [-0.39, 0.29) is 29.4 Å². The molecule has 0 aliphatic heterocycles. The van der Waals surface area contributed by atoms with Crippen LogP contribution in [0.5, 0.6) is 5.75 Å². The van der Waals surface area contributed by atoms with Crippen molar-refractivity contribution < 1.29 is 9.26 Å². The number of hydrogen-bond acceptors (Lipinski definition) is 5. The van der Waals surface area contributed by atoms with Gasteiger partial charge in [-0.05, 0) is 37.3 Å². The van der Waals surface area contributed by atoms with Crippen LogP contribution in [0.25, 0.3) is 0 Å². The van der Waals surface area contributed by atoms with Crippen molar-refractivity contribution in [2.24, 2.45) is 10.9 Å². The molecular weight excluding hydrogens is 481 g/mol. The molecule has 0 unspecified atom stereocenters. The first-order valence-electron chi connectivity index (χ1n) is 9.85. The van der Waals surface area contributed by atoms with Gasteiger partial charge in [0.2, 0.25) is 5.89 Å². The minimum atomic E-state index is -0.159. The number of aryl methyl sites for hydroxylation is 1. The molecule has 0 amide bonds. The normalized spacial score (nSPS) is 14.3. The third-order valence-corrected chi connectivity index (χ3v) is 4.59. The Labute approximate surface area is 190 Å². The average molecular weight is 513 g/mol. The summed E-state index contributed by atoms with van der Waals surface area (Å²) in [5, 5.41) is 10.6. The Bertz CT molecular complexity index is 825. The highest BCUT2D eigenvalue weighted by Crippen LogP contribution is 2.30. The van der Waals surface area contributed by atoms with E-state index in [0.717, 1.165) is 23.8 Å². The SMILES string of the molecule is CN=C(NCc1noc(C(C)(C)C)n1)NCc1ccc(C)cc1OCC1CC1.I. The summed E-state index contributed by atoms with van der Waals surface area (Å²) < 4.78 is 11.4. The maximum absolute atomic E-state index is 6.04. The van der Waals surface area contributed by atoms with Crippen LogP contribution in [0.3, 0.4) is 0 Å². The largest absolute Gasteiger partial charge is 0.493 e. The fourth-order valence-electron chi connectivity index (χ4n) is 2.63. The molecule has 3 rings (SSSR count). The molecule has 7 nitrogen and oxygen atoms in total. The molecule has 1 aliphatic rings. The number of rotatable bonds is 7. The maximum Gasteiger partial charge on any atom is 0.232 e. The molecule has 0 spiro atoms. The molecule has 160 valence electrons. The zero-order chi connectivity index (χ0) is 20.1. The van der Waals surface area contributed by atoms with E-state index in [9.17, 15) is 0 Å². The molecule has 1 aromatic heterocycles. The lowest BCUT2D eigenvalue weighted by atomic mass is 9.97. The molecule has 29 heavy (non-hydrogen) atoms. The third kappa shape index (κ3) is 7.17. The molecule has 8 heteroatoms. The van der Waals surface area contributed by atoms with Crippen LogP contribution in [0, 0.1) is 12.8 Å². The summed E-state index contributed by atoms with van der Waals surface area (Å²) in [6, 6.07) is 6.31. The quantitative estimate of drug-likeness (QED) is 0.332.